The van der Waals surface area contributed by atoms with Gasteiger partial charge in [-0.1, -0.05) is 19.3 Å². The highest BCUT2D eigenvalue weighted by molar-refractivity contribution is 5.74. The van der Waals surface area contributed by atoms with Gasteiger partial charge in [0.2, 0.25) is 0 Å². The fourth-order valence-electron chi connectivity index (χ4n) is 2.72. The molecule has 0 saturated heterocycles. The van der Waals surface area contributed by atoms with Crippen LogP contribution in [-0.4, -0.2) is 53.1 Å². The van der Waals surface area contributed by atoms with Gasteiger partial charge in [-0.25, -0.2) is 4.79 Å². The Morgan fingerprint density at radius 2 is 1.84 bits per heavy atom. The number of hydrogen-bond acceptors (Lipinski definition) is 2. The second kappa shape index (κ2) is 8.02. The number of amides is 2. The standard InChI is InChI=1S/C14H26N2O3/c1-3-16(12-8-5-4-6-9-12)14(19)15(2)11-7-10-13(17)18/h12H,3-11H2,1-2H3,(H,17,18). The molecule has 1 fully saturated rings. The van der Waals surface area contributed by atoms with E-state index in [0.29, 0.717) is 19.0 Å². The molecule has 0 unspecified atom stereocenters. The van der Waals surface area contributed by atoms with Crippen molar-refractivity contribution >= 4 is 12.0 Å². The summed E-state index contributed by atoms with van der Waals surface area (Å²) in [5.41, 5.74) is 0. The van der Waals surface area contributed by atoms with Gasteiger partial charge in [0.25, 0.3) is 0 Å². The van der Waals surface area contributed by atoms with E-state index in [1.807, 2.05) is 11.8 Å². The zero-order chi connectivity index (χ0) is 14.3. The number of carboxylic acids is 1. The van der Waals surface area contributed by atoms with Gasteiger partial charge in [0.1, 0.15) is 0 Å². The molecular weight excluding hydrogens is 244 g/mol. The number of rotatable bonds is 6. The zero-order valence-electron chi connectivity index (χ0n) is 12.1. The van der Waals surface area contributed by atoms with Crippen LogP contribution in [0.5, 0.6) is 0 Å². The highest BCUT2D eigenvalue weighted by Gasteiger charge is 2.25. The van der Waals surface area contributed by atoms with Gasteiger partial charge in [0, 0.05) is 32.6 Å². The molecule has 0 bridgehead atoms. The summed E-state index contributed by atoms with van der Waals surface area (Å²) < 4.78 is 0. The molecular formula is C14H26N2O3. The van der Waals surface area contributed by atoms with Gasteiger partial charge in [-0.3, -0.25) is 4.79 Å². The molecule has 0 aromatic carbocycles. The summed E-state index contributed by atoms with van der Waals surface area (Å²) in [5.74, 6) is -0.805. The van der Waals surface area contributed by atoms with Crippen molar-refractivity contribution in [3.05, 3.63) is 0 Å². The third-order valence-electron chi connectivity index (χ3n) is 3.81. The van der Waals surface area contributed by atoms with Crippen molar-refractivity contribution in [2.24, 2.45) is 0 Å². The van der Waals surface area contributed by atoms with Crippen molar-refractivity contribution in [2.45, 2.75) is 57.9 Å². The molecule has 0 aromatic rings. The van der Waals surface area contributed by atoms with E-state index in [4.69, 9.17) is 5.11 Å². The van der Waals surface area contributed by atoms with Crippen LogP contribution < -0.4 is 0 Å². The van der Waals surface area contributed by atoms with E-state index >= 15 is 0 Å². The Hall–Kier alpha value is -1.26. The van der Waals surface area contributed by atoms with Crippen LogP contribution in [0, 0.1) is 0 Å². The lowest BCUT2D eigenvalue weighted by atomic mass is 9.94. The van der Waals surface area contributed by atoms with E-state index in [9.17, 15) is 9.59 Å². The molecule has 1 N–H and O–H groups in total. The first-order valence-electron chi connectivity index (χ1n) is 7.29. The van der Waals surface area contributed by atoms with E-state index in [-0.39, 0.29) is 12.5 Å². The maximum atomic E-state index is 12.4. The Labute approximate surface area is 115 Å². The lowest BCUT2D eigenvalue weighted by Crippen LogP contribution is -2.47. The normalized spacial score (nSPS) is 16.1. The number of carbonyl (C=O) groups excluding carboxylic acids is 1. The average Bonchev–Trinajstić information content (AvgIpc) is 2.40. The summed E-state index contributed by atoms with van der Waals surface area (Å²) in [7, 11) is 1.76. The van der Waals surface area contributed by atoms with Crippen LogP contribution in [-0.2, 0) is 4.79 Å². The monoisotopic (exact) mass is 270 g/mol. The number of nitrogens with zero attached hydrogens (tertiary/aromatic N) is 2. The molecule has 0 aliphatic heterocycles. The molecule has 0 radical (unpaired) electrons. The highest BCUT2D eigenvalue weighted by atomic mass is 16.4. The van der Waals surface area contributed by atoms with Gasteiger partial charge in [-0.2, -0.15) is 0 Å². The number of aliphatic carboxylic acids is 1. The smallest absolute Gasteiger partial charge is 0.319 e. The lowest BCUT2D eigenvalue weighted by Gasteiger charge is -2.36. The number of hydrogen-bond donors (Lipinski definition) is 1. The van der Waals surface area contributed by atoms with Gasteiger partial charge in [-0.05, 0) is 26.2 Å². The largest absolute Gasteiger partial charge is 0.481 e. The van der Waals surface area contributed by atoms with E-state index in [1.54, 1.807) is 11.9 Å². The molecule has 0 heterocycles. The minimum atomic E-state index is -0.805. The van der Waals surface area contributed by atoms with E-state index in [2.05, 4.69) is 0 Å². The number of carbonyl (C=O) groups is 2. The molecule has 5 heteroatoms. The van der Waals surface area contributed by atoms with Crippen molar-refractivity contribution in [3.8, 4) is 0 Å². The predicted octanol–water partition coefficient (Wildman–Crippen LogP) is 2.56. The average molecular weight is 270 g/mol. The summed E-state index contributed by atoms with van der Waals surface area (Å²) in [4.78, 5) is 26.4. The van der Waals surface area contributed by atoms with Crippen molar-refractivity contribution < 1.29 is 14.7 Å². The van der Waals surface area contributed by atoms with Gasteiger partial charge >= 0.3 is 12.0 Å². The molecule has 1 aliphatic carbocycles. The third kappa shape index (κ3) is 5.09. The highest BCUT2D eigenvalue weighted by Crippen LogP contribution is 2.23. The molecule has 5 nitrogen and oxygen atoms in total. The van der Waals surface area contributed by atoms with Crippen LogP contribution in [0.2, 0.25) is 0 Å². The lowest BCUT2D eigenvalue weighted by molar-refractivity contribution is -0.137. The SMILES string of the molecule is CCN(C(=O)N(C)CCCC(=O)O)C1CCCCC1. The quantitative estimate of drug-likeness (QED) is 0.807. The van der Waals surface area contributed by atoms with Crippen molar-refractivity contribution in [1.82, 2.24) is 9.80 Å². The maximum absolute atomic E-state index is 12.4. The zero-order valence-corrected chi connectivity index (χ0v) is 12.1. The minimum absolute atomic E-state index is 0.0415. The second-order valence-electron chi connectivity index (χ2n) is 5.28. The number of urea groups is 1. The van der Waals surface area contributed by atoms with E-state index in [0.717, 1.165) is 19.4 Å². The molecule has 0 atom stereocenters. The van der Waals surface area contributed by atoms with Gasteiger partial charge in [0.15, 0.2) is 0 Å². The van der Waals surface area contributed by atoms with Gasteiger partial charge in [-0.15, -0.1) is 0 Å². The Bertz CT molecular complexity index is 301. The van der Waals surface area contributed by atoms with Crippen LogP contribution in [0.4, 0.5) is 4.79 Å². The van der Waals surface area contributed by atoms with Crippen LogP contribution in [0.25, 0.3) is 0 Å². The van der Waals surface area contributed by atoms with E-state index in [1.165, 1.54) is 19.3 Å². The maximum Gasteiger partial charge on any atom is 0.319 e. The Kier molecular flexibility index (Phi) is 6.67. The van der Waals surface area contributed by atoms with Crippen molar-refractivity contribution in [1.29, 1.82) is 0 Å². The Morgan fingerprint density at radius 3 is 2.37 bits per heavy atom. The fourth-order valence-corrected chi connectivity index (χ4v) is 2.72. The third-order valence-corrected chi connectivity index (χ3v) is 3.81. The van der Waals surface area contributed by atoms with Crippen LogP contribution in [0.3, 0.4) is 0 Å². The minimum Gasteiger partial charge on any atom is -0.481 e. The van der Waals surface area contributed by atoms with Crippen molar-refractivity contribution in [3.63, 3.8) is 0 Å². The van der Waals surface area contributed by atoms with Crippen LogP contribution in [0.1, 0.15) is 51.9 Å². The molecule has 1 aliphatic rings. The first kappa shape index (κ1) is 15.8. The fraction of sp³-hybridized carbons (Fsp3) is 0.857. The van der Waals surface area contributed by atoms with Gasteiger partial charge < -0.3 is 14.9 Å². The number of carboxylic acid groups (broad SMARTS) is 1. The second-order valence-corrected chi connectivity index (χ2v) is 5.28. The Morgan fingerprint density at radius 1 is 1.21 bits per heavy atom. The van der Waals surface area contributed by atoms with Crippen molar-refractivity contribution in [2.75, 3.05) is 20.1 Å². The van der Waals surface area contributed by atoms with Gasteiger partial charge in [0.05, 0.1) is 0 Å². The summed E-state index contributed by atoms with van der Waals surface area (Å²) >= 11 is 0. The summed E-state index contributed by atoms with van der Waals surface area (Å²) in [6, 6.07) is 0.410. The molecule has 2 amide bonds. The van der Waals surface area contributed by atoms with Crippen LogP contribution in [0.15, 0.2) is 0 Å². The first-order chi connectivity index (χ1) is 9.06. The predicted molar refractivity (Wildman–Crippen MR) is 74.1 cm³/mol. The molecule has 19 heavy (non-hydrogen) atoms. The summed E-state index contributed by atoms with van der Waals surface area (Å²) in [6.45, 7) is 3.25. The molecule has 110 valence electrons. The molecule has 1 rings (SSSR count). The first-order valence-corrected chi connectivity index (χ1v) is 7.29. The van der Waals surface area contributed by atoms with Crippen LogP contribution >= 0.6 is 0 Å². The van der Waals surface area contributed by atoms with E-state index < -0.39 is 5.97 Å². The molecule has 1 saturated carbocycles. The topological polar surface area (TPSA) is 60.9 Å². The Balaban J connectivity index is 2.44. The summed E-state index contributed by atoms with van der Waals surface area (Å²) in [5, 5.41) is 8.61. The molecule has 0 spiro atoms. The summed E-state index contributed by atoms with van der Waals surface area (Å²) in [6.07, 6.45) is 6.52. The molecule has 0 aromatic heterocycles.